The van der Waals surface area contributed by atoms with E-state index in [9.17, 15) is 5.11 Å². The average molecular weight is 224 g/mol. The first-order valence-corrected chi connectivity index (χ1v) is 5.40. The predicted octanol–water partition coefficient (Wildman–Crippen LogP) is 1.49. The maximum atomic E-state index is 9.42. The molecule has 4 nitrogen and oxygen atoms in total. The maximum absolute atomic E-state index is 9.42. The summed E-state index contributed by atoms with van der Waals surface area (Å²) in [6.45, 7) is 3.36. The van der Waals surface area contributed by atoms with Crippen LogP contribution in [0.3, 0.4) is 0 Å². The Kier molecular flexibility index (Phi) is 3.77. The van der Waals surface area contributed by atoms with E-state index in [0.717, 1.165) is 11.3 Å². The smallest absolute Gasteiger partial charge is 0.191 e. The molecule has 1 aliphatic heterocycles. The summed E-state index contributed by atoms with van der Waals surface area (Å²) in [5.74, 6) is 0.720. The zero-order valence-electron chi connectivity index (χ0n) is 9.26. The van der Waals surface area contributed by atoms with Gasteiger partial charge in [-0.15, -0.1) is 0 Å². The maximum Gasteiger partial charge on any atom is 0.191 e. The van der Waals surface area contributed by atoms with Gasteiger partial charge in [-0.05, 0) is 24.6 Å². The molecule has 1 aliphatic rings. The Labute approximate surface area is 94.8 Å². The number of rotatable bonds is 4. The molecule has 0 amide bonds. The van der Waals surface area contributed by atoms with E-state index in [2.05, 4.69) is 0 Å². The third-order valence-corrected chi connectivity index (χ3v) is 2.42. The Bertz CT molecular complexity index is 332. The number of hydrogen-bond acceptors (Lipinski definition) is 4. The molecular weight excluding hydrogens is 208 g/mol. The molecule has 0 unspecified atom stereocenters. The fraction of sp³-hybridized carbons (Fsp3) is 0.500. The summed E-state index contributed by atoms with van der Waals surface area (Å²) in [5, 5.41) is 9.42. The summed E-state index contributed by atoms with van der Waals surface area (Å²) in [6.07, 6.45) is -0.752. The second-order valence-electron chi connectivity index (χ2n) is 3.73. The molecule has 0 bridgehead atoms. The molecule has 0 saturated carbocycles. The fourth-order valence-electron chi connectivity index (χ4n) is 1.53. The molecule has 2 rings (SSSR count). The van der Waals surface area contributed by atoms with Gasteiger partial charge in [-0.2, -0.15) is 0 Å². The van der Waals surface area contributed by atoms with Gasteiger partial charge in [-0.3, -0.25) is 0 Å². The van der Waals surface area contributed by atoms with Crippen LogP contribution in [0.1, 0.15) is 18.6 Å². The van der Waals surface area contributed by atoms with Gasteiger partial charge in [0.25, 0.3) is 0 Å². The average Bonchev–Trinajstić information content (AvgIpc) is 2.79. The Morgan fingerprint density at radius 3 is 2.88 bits per heavy atom. The Morgan fingerprint density at radius 1 is 1.44 bits per heavy atom. The van der Waals surface area contributed by atoms with Crippen LogP contribution in [-0.2, 0) is 9.47 Å². The van der Waals surface area contributed by atoms with Crippen molar-refractivity contribution in [3.63, 3.8) is 0 Å². The molecule has 88 valence electrons. The SMILES string of the molecule is C[C@H](O)c1cccc(OCC2OCCO2)c1. The zero-order valence-corrected chi connectivity index (χ0v) is 9.26. The molecule has 1 fully saturated rings. The minimum atomic E-state index is -0.484. The van der Waals surface area contributed by atoms with Crippen LogP contribution in [0.2, 0.25) is 0 Å². The molecular formula is C12H16O4. The third-order valence-electron chi connectivity index (χ3n) is 2.42. The molecule has 1 heterocycles. The van der Waals surface area contributed by atoms with Gasteiger partial charge in [-0.1, -0.05) is 12.1 Å². The molecule has 1 saturated heterocycles. The van der Waals surface area contributed by atoms with E-state index < -0.39 is 6.10 Å². The van der Waals surface area contributed by atoms with Crippen molar-refractivity contribution in [3.8, 4) is 5.75 Å². The van der Waals surface area contributed by atoms with Crippen molar-refractivity contribution < 1.29 is 19.3 Å². The second-order valence-corrected chi connectivity index (χ2v) is 3.73. The lowest BCUT2D eigenvalue weighted by Gasteiger charge is -2.12. The van der Waals surface area contributed by atoms with Gasteiger partial charge in [0.1, 0.15) is 12.4 Å². The molecule has 1 atom stereocenters. The molecule has 1 aromatic carbocycles. The van der Waals surface area contributed by atoms with E-state index >= 15 is 0 Å². The number of benzene rings is 1. The van der Waals surface area contributed by atoms with E-state index in [4.69, 9.17) is 14.2 Å². The minimum Gasteiger partial charge on any atom is -0.488 e. The summed E-state index contributed by atoms with van der Waals surface area (Å²) in [5.41, 5.74) is 0.839. The Hall–Kier alpha value is -1.10. The van der Waals surface area contributed by atoms with Gasteiger partial charge in [0.15, 0.2) is 6.29 Å². The highest BCUT2D eigenvalue weighted by Crippen LogP contribution is 2.19. The molecule has 4 heteroatoms. The van der Waals surface area contributed by atoms with Crippen LogP contribution in [0.15, 0.2) is 24.3 Å². The second kappa shape index (κ2) is 5.30. The zero-order chi connectivity index (χ0) is 11.4. The molecule has 16 heavy (non-hydrogen) atoms. The van der Waals surface area contributed by atoms with Gasteiger partial charge in [0, 0.05) is 0 Å². The van der Waals surface area contributed by atoms with Gasteiger partial charge >= 0.3 is 0 Å². The number of ether oxygens (including phenoxy) is 3. The van der Waals surface area contributed by atoms with Crippen molar-refractivity contribution in [3.05, 3.63) is 29.8 Å². The van der Waals surface area contributed by atoms with Gasteiger partial charge in [0.05, 0.1) is 19.3 Å². The van der Waals surface area contributed by atoms with E-state index in [1.54, 1.807) is 6.92 Å². The van der Waals surface area contributed by atoms with E-state index in [0.29, 0.717) is 19.8 Å². The van der Waals surface area contributed by atoms with Crippen molar-refractivity contribution in [1.29, 1.82) is 0 Å². The van der Waals surface area contributed by atoms with Crippen LogP contribution in [-0.4, -0.2) is 31.2 Å². The standard InChI is InChI=1S/C12H16O4/c1-9(13)10-3-2-4-11(7-10)16-8-12-14-5-6-15-12/h2-4,7,9,12-13H,5-6,8H2,1H3/t9-/m0/s1. The molecule has 0 radical (unpaired) electrons. The van der Waals surface area contributed by atoms with Crippen molar-refractivity contribution in [2.75, 3.05) is 19.8 Å². The van der Waals surface area contributed by atoms with Crippen molar-refractivity contribution in [2.24, 2.45) is 0 Å². The highest BCUT2D eigenvalue weighted by Gasteiger charge is 2.16. The first-order valence-electron chi connectivity index (χ1n) is 5.40. The first-order chi connectivity index (χ1) is 7.75. The highest BCUT2D eigenvalue weighted by atomic mass is 16.7. The number of aliphatic hydroxyl groups excluding tert-OH is 1. The van der Waals surface area contributed by atoms with E-state index in [1.807, 2.05) is 24.3 Å². The van der Waals surface area contributed by atoms with Gasteiger partial charge in [0.2, 0.25) is 0 Å². The first kappa shape index (κ1) is 11.4. The normalized spacial score (nSPS) is 18.6. The van der Waals surface area contributed by atoms with Crippen molar-refractivity contribution in [2.45, 2.75) is 19.3 Å². The Balaban J connectivity index is 1.90. The summed E-state index contributed by atoms with van der Waals surface area (Å²) in [4.78, 5) is 0. The van der Waals surface area contributed by atoms with Crippen LogP contribution in [0.25, 0.3) is 0 Å². The quantitative estimate of drug-likeness (QED) is 0.841. The summed E-state index contributed by atoms with van der Waals surface area (Å²) >= 11 is 0. The molecule has 0 aromatic heterocycles. The summed E-state index contributed by atoms with van der Waals surface area (Å²) in [7, 11) is 0. The molecule has 1 aromatic rings. The third kappa shape index (κ3) is 2.95. The van der Waals surface area contributed by atoms with E-state index in [-0.39, 0.29) is 6.29 Å². The molecule has 0 spiro atoms. The predicted molar refractivity (Wildman–Crippen MR) is 58.3 cm³/mol. The monoisotopic (exact) mass is 224 g/mol. The topological polar surface area (TPSA) is 47.9 Å². The Morgan fingerprint density at radius 2 is 2.19 bits per heavy atom. The lowest BCUT2D eigenvalue weighted by Crippen LogP contribution is -2.18. The van der Waals surface area contributed by atoms with Crippen LogP contribution in [0.4, 0.5) is 0 Å². The van der Waals surface area contributed by atoms with Gasteiger partial charge < -0.3 is 19.3 Å². The van der Waals surface area contributed by atoms with Crippen LogP contribution < -0.4 is 4.74 Å². The summed E-state index contributed by atoms with van der Waals surface area (Å²) < 4.78 is 16.0. The van der Waals surface area contributed by atoms with Crippen LogP contribution in [0.5, 0.6) is 5.75 Å². The van der Waals surface area contributed by atoms with E-state index in [1.165, 1.54) is 0 Å². The van der Waals surface area contributed by atoms with Crippen LogP contribution in [0, 0.1) is 0 Å². The van der Waals surface area contributed by atoms with Crippen LogP contribution >= 0.6 is 0 Å². The molecule has 0 aliphatic carbocycles. The minimum absolute atomic E-state index is 0.268. The van der Waals surface area contributed by atoms with Gasteiger partial charge in [-0.25, -0.2) is 0 Å². The molecule has 1 N–H and O–H groups in total. The fourth-order valence-corrected chi connectivity index (χ4v) is 1.53. The number of hydrogen-bond donors (Lipinski definition) is 1. The summed E-state index contributed by atoms with van der Waals surface area (Å²) in [6, 6.07) is 7.38. The lowest BCUT2D eigenvalue weighted by atomic mass is 10.1. The number of aliphatic hydroxyl groups is 1. The largest absolute Gasteiger partial charge is 0.488 e. The van der Waals surface area contributed by atoms with Crippen molar-refractivity contribution in [1.82, 2.24) is 0 Å². The highest BCUT2D eigenvalue weighted by molar-refractivity contribution is 5.29. The van der Waals surface area contributed by atoms with Crippen molar-refractivity contribution >= 4 is 0 Å². The lowest BCUT2D eigenvalue weighted by molar-refractivity contribution is -0.0684.